The lowest BCUT2D eigenvalue weighted by atomic mass is 9.96. The molecule has 1 heterocycles. The first kappa shape index (κ1) is 33.4. The van der Waals surface area contributed by atoms with Crippen molar-refractivity contribution in [3.63, 3.8) is 0 Å². The molecule has 0 aromatic heterocycles. The summed E-state index contributed by atoms with van der Waals surface area (Å²) in [5.41, 5.74) is 2.43. The fourth-order valence-corrected chi connectivity index (χ4v) is 5.73. The number of methoxy groups -OCH3 is 1. The number of anilines is 1. The maximum atomic E-state index is 12.8. The van der Waals surface area contributed by atoms with Gasteiger partial charge in [0.2, 0.25) is 0 Å². The third-order valence-electron chi connectivity index (χ3n) is 8.06. The average Bonchev–Trinajstić information content (AvgIpc) is 3.08. The number of rotatable bonds is 13. The van der Waals surface area contributed by atoms with Crippen LogP contribution >= 0.6 is 0 Å². The highest BCUT2D eigenvalue weighted by Crippen LogP contribution is 2.33. The molecule has 10 heteroatoms. The number of hydrogen-bond donors (Lipinski definition) is 1. The van der Waals surface area contributed by atoms with Crippen LogP contribution in [0.2, 0.25) is 0 Å². The summed E-state index contributed by atoms with van der Waals surface area (Å²) in [6.45, 7) is 1.60. The summed E-state index contributed by atoms with van der Waals surface area (Å²) in [7, 11) is 1.57. The molecule has 0 spiro atoms. The van der Waals surface area contributed by atoms with Gasteiger partial charge in [-0.1, -0.05) is 79.9 Å². The molecule has 0 bridgehead atoms. The van der Waals surface area contributed by atoms with Crippen molar-refractivity contribution in [1.29, 1.82) is 0 Å². The lowest BCUT2D eigenvalue weighted by Gasteiger charge is -2.46. The fourth-order valence-electron chi connectivity index (χ4n) is 5.73. The molecule has 2 fully saturated rings. The van der Waals surface area contributed by atoms with Gasteiger partial charge in [0.15, 0.2) is 12.4 Å². The van der Waals surface area contributed by atoms with Gasteiger partial charge >= 0.3 is 12.1 Å². The summed E-state index contributed by atoms with van der Waals surface area (Å²) >= 11 is 0. The van der Waals surface area contributed by atoms with Gasteiger partial charge in [-0.3, -0.25) is 10.1 Å². The maximum absolute atomic E-state index is 12.8. The molecule has 0 radical (unpaired) electrons. The SMILES string of the molecule is COc1ccc(NC(=O)OC[C@H]2O[C@@H](OC3CCCCC3)[C@H](OCc3ccccc3)[C@@H](OCc3ccccc3)[C@@H]2OC(C)=O)cc1. The first-order valence-corrected chi connectivity index (χ1v) is 15.9. The predicted octanol–water partition coefficient (Wildman–Crippen LogP) is 6.42. The van der Waals surface area contributed by atoms with E-state index < -0.39 is 42.8 Å². The number of carbonyl (C=O) groups is 2. The molecule has 1 aliphatic carbocycles. The molecule has 3 aromatic carbocycles. The van der Waals surface area contributed by atoms with Gasteiger partial charge in [-0.05, 0) is 48.2 Å². The molecule has 5 rings (SSSR count). The molecule has 1 N–H and O–H groups in total. The normalized spacial score (nSPS) is 23.3. The van der Waals surface area contributed by atoms with Crippen molar-refractivity contribution >= 4 is 17.7 Å². The van der Waals surface area contributed by atoms with Gasteiger partial charge in [0, 0.05) is 12.6 Å². The van der Waals surface area contributed by atoms with Crippen LogP contribution in [0.5, 0.6) is 5.75 Å². The van der Waals surface area contributed by atoms with E-state index in [0.29, 0.717) is 11.4 Å². The van der Waals surface area contributed by atoms with E-state index in [9.17, 15) is 9.59 Å². The molecule has 3 aromatic rings. The van der Waals surface area contributed by atoms with Crippen molar-refractivity contribution in [3.05, 3.63) is 96.1 Å². The predicted molar refractivity (Wildman–Crippen MR) is 170 cm³/mol. The molecule has 10 nitrogen and oxygen atoms in total. The minimum Gasteiger partial charge on any atom is -0.497 e. The Balaban J connectivity index is 1.39. The number of nitrogens with one attached hydrogen (secondary N) is 1. The van der Waals surface area contributed by atoms with E-state index in [2.05, 4.69) is 5.32 Å². The van der Waals surface area contributed by atoms with Crippen LogP contribution in [0.15, 0.2) is 84.9 Å². The summed E-state index contributed by atoms with van der Waals surface area (Å²) in [5, 5.41) is 2.70. The molecule has 1 aliphatic heterocycles. The summed E-state index contributed by atoms with van der Waals surface area (Å²) < 4.78 is 42.8. The Bertz CT molecular complexity index is 1350. The summed E-state index contributed by atoms with van der Waals surface area (Å²) in [6.07, 6.45) is 0.120. The Kier molecular flexibility index (Phi) is 12.4. The molecular formula is C36H43NO9. The first-order chi connectivity index (χ1) is 22.5. The van der Waals surface area contributed by atoms with Crippen LogP contribution in [-0.2, 0) is 46.4 Å². The zero-order valence-electron chi connectivity index (χ0n) is 26.4. The minimum absolute atomic E-state index is 0.0263. The van der Waals surface area contributed by atoms with E-state index in [1.165, 1.54) is 6.92 Å². The number of esters is 1. The Morgan fingerprint density at radius 2 is 1.39 bits per heavy atom. The van der Waals surface area contributed by atoms with E-state index in [0.717, 1.165) is 43.2 Å². The van der Waals surface area contributed by atoms with Crippen LogP contribution in [0.1, 0.15) is 50.2 Å². The van der Waals surface area contributed by atoms with Crippen LogP contribution in [-0.4, -0.2) is 62.6 Å². The molecule has 246 valence electrons. The fraction of sp³-hybridized carbons (Fsp3) is 0.444. The van der Waals surface area contributed by atoms with Crippen molar-refractivity contribution in [2.24, 2.45) is 0 Å². The zero-order valence-corrected chi connectivity index (χ0v) is 26.4. The number of hydrogen-bond acceptors (Lipinski definition) is 9. The first-order valence-electron chi connectivity index (χ1n) is 15.9. The zero-order chi connectivity index (χ0) is 32.1. The second kappa shape index (κ2) is 17.1. The summed E-state index contributed by atoms with van der Waals surface area (Å²) in [4.78, 5) is 25.3. The number of ether oxygens (including phenoxy) is 7. The Hall–Kier alpha value is -3.96. The smallest absolute Gasteiger partial charge is 0.411 e. The lowest BCUT2D eigenvalue weighted by Crippen LogP contribution is -2.62. The van der Waals surface area contributed by atoms with E-state index in [1.807, 2.05) is 60.7 Å². The molecule has 1 saturated heterocycles. The van der Waals surface area contributed by atoms with Gasteiger partial charge < -0.3 is 33.2 Å². The van der Waals surface area contributed by atoms with Crippen molar-refractivity contribution < 1.29 is 42.7 Å². The molecule has 2 aliphatic rings. The standard InChI is InChI=1S/C36H43NO9/c1-25(38)44-32-31(24-43-36(39)37-28-18-20-29(40-2)21-19-28)46-35(45-30-16-10-5-11-17-30)34(42-23-27-14-8-4-9-15-27)33(32)41-22-26-12-6-3-7-13-26/h3-4,6-9,12-15,18-21,30-35H,5,10-11,16-17,22-24H2,1-2H3,(H,37,39)/t31-,32-,33+,34-,35-/m1/s1. The molecule has 5 atom stereocenters. The van der Waals surface area contributed by atoms with Gasteiger partial charge in [0.05, 0.1) is 26.4 Å². The van der Waals surface area contributed by atoms with Crippen LogP contribution in [0.25, 0.3) is 0 Å². The molecule has 46 heavy (non-hydrogen) atoms. The minimum atomic E-state index is -0.957. The van der Waals surface area contributed by atoms with Crippen molar-refractivity contribution in [2.45, 2.75) is 89.1 Å². The van der Waals surface area contributed by atoms with E-state index in [1.54, 1.807) is 31.4 Å². The van der Waals surface area contributed by atoms with Crippen LogP contribution in [0, 0.1) is 0 Å². The van der Waals surface area contributed by atoms with E-state index >= 15 is 0 Å². The average molecular weight is 634 g/mol. The highest BCUT2D eigenvalue weighted by atomic mass is 16.7. The largest absolute Gasteiger partial charge is 0.497 e. The van der Waals surface area contributed by atoms with E-state index in [4.69, 9.17) is 33.2 Å². The van der Waals surface area contributed by atoms with Crippen molar-refractivity contribution in [1.82, 2.24) is 0 Å². The number of benzene rings is 3. The number of amides is 1. The van der Waals surface area contributed by atoms with Gasteiger partial charge in [-0.25, -0.2) is 4.79 Å². The van der Waals surface area contributed by atoms with Gasteiger partial charge in [-0.2, -0.15) is 0 Å². The van der Waals surface area contributed by atoms with Gasteiger partial charge in [-0.15, -0.1) is 0 Å². The highest BCUT2D eigenvalue weighted by molar-refractivity contribution is 5.84. The lowest BCUT2D eigenvalue weighted by molar-refractivity contribution is -0.330. The van der Waals surface area contributed by atoms with Crippen LogP contribution < -0.4 is 10.1 Å². The van der Waals surface area contributed by atoms with Crippen LogP contribution in [0.4, 0.5) is 10.5 Å². The highest BCUT2D eigenvalue weighted by Gasteiger charge is 2.51. The molecule has 0 unspecified atom stereocenters. The third kappa shape index (κ3) is 9.77. The van der Waals surface area contributed by atoms with Crippen molar-refractivity contribution in [3.8, 4) is 5.75 Å². The molecule has 1 saturated carbocycles. The Labute approximate surface area is 270 Å². The van der Waals surface area contributed by atoms with Gasteiger partial charge in [0.1, 0.15) is 30.7 Å². The topological polar surface area (TPSA) is 111 Å². The van der Waals surface area contributed by atoms with E-state index in [-0.39, 0.29) is 25.9 Å². The van der Waals surface area contributed by atoms with Crippen LogP contribution in [0.3, 0.4) is 0 Å². The number of carbonyl (C=O) groups excluding carboxylic acids is 2. The molecular weight excluding hydrogens is 590 g/mol. The van der Waals surface area contributed by atoms with Gasteiger partial charge in [0.25, 0.3) is 0 Å². The Morgan fingerprint density at radius 1 is 0.783 bits per heavy atom. The summed E-state index contributed by atoms with van der Waals surface area (Å²) in [5.74, 6) is 0.136. The second-order valence-corrected chi connectivity index (χ2v) is 11.5. The maximum Gasteiger partial charge on any atom is 0.411 e. The van der Waals surface area contributed by atoms with Crippen molar-refractivity contribution in [2.75, 3.05) is 19.0 Å². The third-order valence-corrected chi connectivity index (χ3v) is 8.06. The summed E-state index contributed by atoms with van der Waals surface area (Å²) in [6, 6.07) is 26.4. The second-order valence-electron chi connectivity index (χ2n) is 11.5. The molecule has 1 amide bonds. The monoisotopic (exact) mass is 633 g/mol. The Morgan fingerprint density at radius 3 is 1.98 bits per heavy atom. The quantitative estimate of drug-likeness (QED) is 0.213.